The number of nitrogens with two attached hydrogens (primary N) is 1. The molecule has 0 bridgehead atoms. The molecule has 90 valence electrons. The number of nitro groups is 2. The molecule has 0 spiro atoms. The largest absolute Gasteiger partial charge is 0.480 e. The first-order valence-electron chi connectivity index (χ1n) is 4.25. The van der Waals surface area contributed by atoms with Gasteiger partial charge in [0.25, 0.3) is 11.4 Å². The van der Waals surface area contributed by atoms with Crippen molar-refractivity contribution in [2.75, 3.05) is 0 Å². The molecule has 1 unspecified atom stereocenters. The lowest BCUT2D eigenvalue weighted by Gasteiger charge is -2.06. The first-order chi connectivity index (χ1) is 7.84. The molecule has 1 aromatic rings. The van der Waals surface area contributed by atoms with Crippen LogP contribution in [-0.4, -0.2) is 20.9 Å². The van der Waals surface area contributed by atoms with E-state index in [1.165, 1.54) is 0 Å². The van der Waals surface area contributed by atoms with Crippen LogP contribution in [0.2, 0.25) is 0 Å². The van der Waals surface area contributed by atoms with Crippen LogP contribution in [0.25, 0.3) is 0 Å². The molecule has 0 fully saturated rings. The van der Waals surface area contributed by atoms with Crippen molar-refractivity contribution in [3.8, 4) is 0 Å². The second-order valence-corrected chi connectivity index (χ2v) is 3.07. The summed E-state index contributed by atoms with van der Waals surface area (Å²) in [4.78, 5) is 30.0. The second kappa shape index (κ2) is 4.53. The van der Waals surface area contributed by atoms with Crippen LogP contribution < -0.4 is 5.73 Å². The van der Waals surface area contributed by atoms with E-state index in [2.05, 4.69) is 0 Å². The Morgan fingerprint density at radius 3 is 2.29 bits per heavy atom. The van der Waals surface area contributed by atoms with Gasteiger partial charge in [-0.25, -0.2) is 0 Å². The highest BCUT2D eigenvalue weighted by Gasteiger charge is 2.26. The molecule has 1 atom stereocenters. The fourth-order valence-electron chi connectivity index (χ4n) is 1.20. The van der Waals surface area contributed by atoms with Crippen molar-refractivity contribution < 1.29 is 19.7 Å². The zero-order chi connectivity index (χ0) is 13.2. The first-order valence-corrected chi connectivity index (χ1v) is 4.25. The summed E-state index contributed by atoms with van der Waals surface area (Å²) in [5.74, 6) is -1.46. The number of hydrogen-bond donors (Lipinski definition) is 2. The SMILES string of the molecule is NC(C(=O)O)c1ccc([N+](=O)[O-])cc1[N+](=O)[O-]. The standard InChI is InChI=1S/C8H7N3O6/c9-7(8(12)13)5-2-1-4(10(14)15)3-6(5)11(16)17/h1-3,7H,9H2,(H,12,13). The van der Waals surface area contributed by atoms with Crippen molar-refractivity contribution in [1.29, 1.82) is 0 Å². The number of carbonyl (C=O) groups is 1. The van der Waals surface area contributed by atoms with Crippen molar-refractivity contribution in [3.63, 3.8) is 0 Å². The van der Waals surface area contributed by atoms with Gasteiger partial charge in [0.15, 0.2) is 0 Å². The third-order valence-corrected chi connectivity index (χ3v) is 2.02. The van der Waals surface area contributed by atoms with Gasteiger partial charge in [0.05, 0.1) is 21.5 Å². The van der Waals surface area contributed by atoms with Crippen molar-refractivity contribution in [3.05, 3.63) is 44.0 Å². The number of nitrogens with zero attached hydrogens (tertiary/aromatic N) is 2. The lowest BCUT2D eigenvalue weighted by molar-refractivity contribution is -0.394. The normalized spacial score (nSPS) is 11.8. The van der Waals surface area contributed by atoms with Gasteiger partial charge in [0.1, 0.15) is 6.04 Å². The highest BCUT2D eigenvalue weighted by atomic mass is 16.6. The predicted molar refractivity (Wildman–Crippen MR) is 54.3 cm³/mol. The molecule has 9 nitrogen and oxygen atoms in total. The maximum absolute atomic E-state index is 10.7. The van der Waals surface area contributed by atoms with E-state index in [1.807, 2.05) is 0 Å². The van der Waals surface area contributed by atoms with Crippen LogP contribution in [-0.2, 0) is 4.79 Å². The predicted octanol–water partition coefficient (Wildman–Crippen LogP) is 0.587. The van der Waals surface area contributed by atoms with E-state index in [-0.39, 0.29) is 5.56 Å². The summed E-state index contributed by atoms with van der Waals surface area (Å²) in [5, 5.41) is 29.7. The summed E-state index contributed by atoms with van der Waals surface area (Å²) >= 11 is 0. The summed E-state index contributed by atoms with van der Waals surface area (Å²) in [5.41, 5.74) is 3.76. The van der Waals surface area contributed by atoms with Gasteiger partial charge in [-0.1, -0.05) is 0 Å². The number of carboxylic acids is 1. The summed E-state index contributed by atoms with van der Waals surface area (Å²) < 4.78 is 0. The van der Waals surface area contributed by atoms with Gasteiger partial charge in [-0.3, -0.25) is 25.0 Å². The summed E-state index contributed by atoms with van der Waals surface area (Å²) in [6.45, 7) is 0. The molecule has 0 aliphatic heterocycles. The van der Waals surface area contributed by atoms with Crippen LogP contribution >= 0.6 is 0 Å². The Labute approximate surface area is 93.8 Å². The minimum atomic E-state index is -1.60. The zero-order valence-corrected chi connectivity index (χ0v) is 8.27. The molecule has 0 aliphatic rings. The van der Waals surface area contributed by atoms with Crippen molar-refractivity contribution in [1.82, 2.24) is 0 Å². The number of carboxylic acid groups (broad SMARTS) is 1. The summed E-state index contributed by atoms with van der Waals surface area (Å²) in [7, 11) is 0. The van der Waals surface area contributed by atoms with Crippen LogP contribution in [0.15, 0.2) is 18.2 Å². The van der Waals surface area contributed by atoms with Gasteiger partial charge < -0.3 is 10.8 Å². The molecule has 0 saturated heterocycles. The topological polar surface area (TPSA) is 150 Å². The van der Waals surface area contributed by atoms with Crippen LogP contribution in [0.5, 0.6) is 0 Å². The number of benzene rings is 1. The van der Waals surface area contributed by atoms with E-state index in [0.717, 1.165) is 12.1 Å². The van der Waals surface area contributed by atoms with E-state index >= 15 is 0 Å². The van der Waals surface area contributed by atoms with Gasteiger partial charge in [-0.15, -0.1) is 0 Å². The molecule has 1 aromatic carbocycles. The van der Waals surface area contributed by atoms with E-state index in [0.29, 0.717) is 6.07 Å². The molecule has 0 aromatic heterocycles. The van der Waals surface area contributed by atoms with Gasteiger partial charge in [0.2, 0.25) is 0 Å². The molecule has 0 amide bonds. The molecule has 17 heavy (non-hydrogen) atoms. The smallest absolute Gasteiger partial charge is 0.325 e. The average molecular weight is 241 g/mol. The van der Waals surface area contributed by atoms with Crippen molar-refractivity contribution >= 4 is 17.3 Å². The third kappa shape index (κ3) is 2.52. The lowest BCUT2D eigenvalue weighted by atomic mass is 10.1. The van der Waals surface area contributed by atoms with Gasteiger partial charge >= 0.3 is 5.97 Å². The molecule has 3 N–H and O–H groups in total. The Morgan fingerprint density at radius 1 is 1.29 bits per heavy atom. The third-order valence-electron chi connectivity index (χ3n) is 2.02. The summed E-state index contributed by atoms with van der Waals surface area (Å²) in [6.07, 6.45) is 0. The maximum atomic E-state index is 10.7. The molecule has 1 rings (SSSR count). The number of aliphatic carboxylic acids is 1. The molecule has 9 heteroatoms. The monoisotopic (exact) mass is 241 g/mol. The Bertz CT molecular complexity index is 500. The molecule has 0 radical (unpaired) electrons. The molecule has 0 aliphatic carbocycles. The van der Waals surface area contributed by atoms with Gasteiger partial charge in [-0.2, -0.15) is 0 Å². The molecular formula is C8H7N3O6. The van der Waals surface area contributed by atoms with E-state index in [1.54, 1.807) is 0 Å². The van der Waals surface area contributed by atoms with Gasteiger partial charge in [-0.05, 0) is 6.07 Å². The average Bonchev–Trinajstić information content (AvgIpc) is 2.26. The van der Waals surface area contributed by atoms with Crippen LogP contribution in [0, 0.1) is 20.2 Å². The maximum Gasteiger partial charge on any atom is 0.325 e. The highest BCUT2D eigenvalue weighted by Crippen LogP contribution is 2.28. The van der Waals surface area contributed by atoms with Crippen LogP contribution in [0.4, 0.5) is 11.4 Å². The first kappa shape index (κ1) is 12.5. The quantitative estimate of drug-likeness (QED) is 0.578. The number of rotatable bonds is 4. The second-order valence-electron chi connectivity index (χ2n) is 3.07. The Kier molecular flexibility index (Phi) is 3.34. The fraction of sp³-hybridized carbons (Fsp3) is 0.125. The number of hydrogen-bond acceptors (Lipinski definition) is 6. The van der Waals surface area contributed by atoms with E-state index in [4.69, 9.17) is 10.8 Å². The van der Waals surface area contributed by atoms with E-state index in [9.17, 15) is 25.0 Å². The molecular weight excluding hydrogens is 234 g/mol. The molecule has 0 heterocycles. The Morgan fingerprint density at radius 2 is 1.88 bits per heavy atom. The zero-order valence-electron chi connectivity index (χ0n) is 8.27. The van der Waals surface area contributed by atoms with Crippen molar-refractivity contribution in [2.45, 2.75) is 6.04 Å². The van der Waals surface area contributed by atoms with Crippen LogP contribution in [0.3, 0.4) is 0 Å². The lowest BCUT2D eigenvalue weighted by Crippen LogP contribution is -2.21. The molecule has 0 saturated carbocycles. The highest BCUT2D eigenvalue weighted by molar-refractivity contribution is 5.77. The van der Waals surface area contributed by atoms with E-state index < -0.39 is 33.2 Å². The minimum absolute atomic E-state index is 0.284. The number of nitro benzene ring substituents is 2. The van der Waals surface area contributed by atoms with Crippen molar-refractivity contribution in [2.24, 2.45) is 5.73 Å². The Balaban J connectivity index is 3.37. The number of non-ortho nitro benzene ring substituents is 1. The summed E-state index contributed by atoms with van der Waals surface area (Å²) in [6, 6.07) is 1.01. The Hall–Kier alpha value is -2.55. The minimum Gasteiger partial charge on any atom is -0.480 e. The fourth-order valence-corrected chi connectivity index (χ4v) is 1.20. The van der Waals surface area contributed by atoms with Gasteiger partial charge in [0, 0.05) is 6.07 Å². The van der Waals surface area contributed by atoms with Crippen LogP contribution in [0.1, 0.15) is 11.6 Å².